The van der Waals surface area contributed by atoms with Crippen LogP contribution in [0.2, 0.25) is 5.02 Å². The van der Waals surface area contributed by atoms with Gasteiger partial charge in [-0.1, -0.05) is 36.2 Å². The van der Waals surface area contributed by atoms with Gasteiger partial charge in [0.1, 0.15) is 22.9 Å². The number of aromatic nitrogens is 3. The van der Waals surface area contributed by atoms with Gasteiger partial charge in [0.15, 0.2) is 0 Å². The number of nitrogens with zero attached hydrogens (tertiary/aromatic N) is 3. The highest BCUT2D eigenvalue weighted by atomic mass is 35.5. The first-order valence-corrected chi connectivity index (χ1v) is 9.18. The van der Waals surface area contributed by atoms with Crippen molar-refractivity contribution < 1.29 is 4.74 Å². The maximum Gasteiger partial charge on any atom is 0.218 e. The number of halogens is 2. The van der Waals surface area contributed by atoms with Gasteiger partial charge in [-0.3, -0.25) is 0 Å². The number of hydrogen-bond acceptors (Lipinski definition) is 5. The molecule has 1 unspecified atom stereocenters. The fourth-order valence-corrected chi connectivity index (χ4v) is 3.04. The monoisotopic (exact) mass is 390 g/mol. The van der Waals surface area contributed by atoms with Crippen LogP contribution in [0, 0.1) is 12.8 Å². The molecule has 0 fully saturated rings. The van der Waals surface area contributed by atoms with Crippen LogP contribution < -0.4 is 10.1 Å². The number of pyridine rings is 1. The Bertz CT molecular complexity index is 834. The Balaban J connectivity index is 1.54. The maximum atomic E-state index is 6.18. The summed E-state index contributed by atoms with van der Waals surface area (Å²) in [6.45, 7) is 4.63. The maximum absolute atomic E-state index is 6.18. The van der Waals surface area contributed by atoms with Gasteiger partial charge < -0.3 is 10.1 Å². The number of anilines is 1. The van der Waals surface area contributed by atoms with E-state index in [-0.39, 0.29) is 5.92 Å². The van der Waals surface area contributed by atoms with Gasteiger partial charge >= 0.3 is 0 Å². The third-order valence-electron chi connectivity index (χ3n) is 4.11. The Morgan fingerprint density at radius 2 is 2.04 bits per heavy atom. The smallest absolute Gasteiger partial charge is 0.218 e. The molecule has 1 N–H and O–H groups in total. The first kappa shape index (κ1) is 18.7. The summed E-state index contributed by atoms with van der Waals surface area (Å²) >= 11 is 12.2. The van der Waals surface area contributed by atoms with E-state index in [4.69, 9.17) is 27.9 Å². The molecule has 2 aromatic heterocycles. The summed E-state index contributed by atoms with van der Waals surface area (Å²) in [7, 11) is 0. The van der Waals surface area contributed by atoms with E-state index < -0.39 is 0 Å². The largest absolute Gasteiger partial charge is 0.443 e. The summed E-state index contributed by atoms with van der Waals surface area (Å²) < 4.78 is 5.87. The highest BCUT2D eigenvalue weighted by Crippen LogP contribution is 2.28. The third kappa shape index (κ3) is 4.74. The standard InChI is InChI=1S/C19H20Cl2N4O/c1-12-9-15(20)4-5-16(12)26-17-6-3-14(10-23-17)7-8-22-19-18(21)13(2)24-11-25-19/h3-6,10-12H,7-9H2,1-2H3,(H,22,24,25). The normalized spacial score (nSPS) is 16.7. The second-order valence-electron chi connectivity index (χ2n) is 6.19. The second-order valence-corrected chi connectivity index (χ2v) is 7.06. The summed E-state index contributed by atoms with van der Waals surface area (Å²) in [5, 5.41) is 4.62. The summed E-state index contributed by atoms with van der Waals surface area (Å²) in [4.78, 5) is 12.6. The summed E-state index contributed by atoms with van der Waals surface area (Å²) in [5.74, 6) is 2.36. The highest BCUT2D eigenvalue weighted by Gasteiger charge is 2.16. The predicted molar refractivity (Wildman–Crippen MR) is 105 cm³/mol. The highest BCUT2D eigenvalue weighted by molar-refractivity contribution is 6.33. The van der Waals surface area contributed by atoms with Crippen molar-refractivity contribution in [2.45, 2.75) is 26.7 Å². The lowest BCUT2D eigenvalue weighted by molar-refractivity contribution is 0.343. The SMILES string of the molecule is Cc1ncnc(NCCc2ccc(OC3=CC=C(Cl)CC3C)nc2)c1Cl. The molecule has 0 saturated heterocycles. The fourth-order valence-electron chi connectivity index (χ4n) is 2.58. The van der Waals surface area contributed by atoms with Crippen molar-refractivity contribution in [3.63, 3.8) is 0 Å². The quantitative estimate of drug-likeness (QED) is 0.758. The second kappa shape index (κ2) is 8.52. The molecule has 26 heavy (non-hydrogen) atoms. The van der Waals surface area contributed by atoms with Crippen molar-refractivity contribution in [3.8, 4) is 5.88 Å². The molecule has 3 rings (SSSR count). The van der Waals surface area contributed by atoms with Gasteiger partial charge in [0.25, 0.3) is 0 Å². The molecule has 0 aromatic carbocycles. The van der Waals surface area contributed by atoms with Gasteiger partial charge in [0.05, 0.1) is 5.69 Å². The zero-order valence-corrected chi connectivity index (χ0v) is 16.2. The molecule has 2 heterocycles. The Morgan fingerprint density at radius 1 is 1.19 bits per heavy atom. The van der Waals surface area contributed by atoms with Gasteiger partial charge in [-0.2, -0.15) is 0 Å². The molecule has 2 aromatic rings. The number of rotatable bonds is 6. The van der Waals surface area contributed by atoms with Crippen LogP contribution in [0.25, 0.3) is 0 Å². The fraction of sp³-hybridized carbons (Fsp3) is 0.316. The van der Waals surface area contributed by atoms with Crippen LogP contribution in [-0.2, 0) is 6.42 Å². The van der Waals surface area contributed by atoms with E-state index in [1.807, 2.05) is 37.4 Å². The predicted octanol–water partition coefficient (Wildman–Crippen LogP) is 4.91. The molecule has 1 aliphatic carbocycles. The van der Waals surface area contributed by atoms with Gasteiger partial charge in [0, 0.05) is 29.8 Å². The molecule has 5 nitrogen and oxygen atoms in total. The molecule has 0 bridgehead atoms. The van der Waals surface area contributed by atoms with Crippen LogP contribution in [0.4, 0.5) is 5.82 Å². The van der Waals surface area contributed by atoms with E-state index in [0.717, 1.165) is 34.9 Å². The van der Waals surface area contributed by atoms with E-state index >= 15 is 0 Å². The number of nitrogens with one attached hydrogen (secondary N) is 1. The molecule has 0 radical (unpaired) electrons. The molecule has 0 amide bonds. The van der Waals surface area contributed by atoms with Crippen molar-refractivity contribution in [3.05, 3.63) is 63.9 Å². The van der Waals surface area contributed by atoms with Crippen molar-refractivity contribution in [2.24, 2.45) is 5.92 Å². The van der Waals surface area contributed by atoms with E-state index in [1.165, 1.54) is 6.33 Å². The lowest BCUT2D eigenvalue weighted by atomic mass is 10.0. The summed E-state index contributed by atoms with van der Waals surface area (Å²) in [6, 6.07) is 3.89. The van der Waals surface area contributed by atoms with Crippen LogP contribution in [0.5, 0.6) is 5.88 Å². The van der Waals surface area contributed by atoms with E-state index in [2.05, 4.69) is 27.2 Å². The molecule has 1 aliphatic rings. The minimum absolute atomic E-state index is 0.249. The van der Waals surface area contributed by atoms with Crippen LogP contribution in [0.3, 0.4) is 0 Å². The molecular formula is C19H20Cl2N4O. The Hall–Kier alpha value is -2.11. The zero-order chi connectivity index (χ0) is 18.5. The van der Waals surface area contributed by atoms with Gasteiger partial charge in [0.2, 0.25) is 5.88 Å². The van der Waals surface area contributed by atoms with E-state index in [0.29, 0.717) is 23.3 Å². The molecule has 0 saturated carbocycles. The van der Waals surface area contributed by atoms with Crippen LogP contribution in [0.15, 0.2) is 47.6 Å². The lowest BCUT2D eigenvalue weighted by Gasteiger charge is -2.19. The number of aryl methyl sites for hydroxylation is 1. The van der Waals surface area contributed by atoms with Gasteiger partial charge in [-0.15, -0.1) is 0 Å². The zero-order valence-electron chi connectivity index (χ0n) is 14.7. The molecule has 0 spiro atoms. The minimum Gasteiger partial charge on any atom is -0.443 e. The number of hydrogen-bond donors (Lipinski definition) is 1. The summed E-state index contributed by atoms with van der Waals surface area (Å²) in [6.07, 6.45) is 8.69. The Kier molecular flexibility index (Phi) is 6.12. The average molecular weight is 391 g/mol. The van der Waals surface area contributed by atoms with E-state index in [9.17, 15) is 0 Å². The van der Waals surface area contributed by atoms with Crippen molar-refractivity contribution in [1.29, 1.82) is 0 Å². The van der Waals surface area contributed by atoms with Crippen LogP contribution in [-0.4, -0.2) is 21.5 Å². The van der Waals surface area contributed by atoms with E-state index in [1.54, 1.807) is 0 Å². The Labute approximate surface area is 163 Å². The van der Waals surface area contributed by atoms with Gasteiger partial charge in [-0.25, -0.2) is 15.0 Å². The third-order valence-corrected chi connectivity index (χ3v) is 4.84. The van der Waals surface area contributed by atoms with Gasteiger partial charge in [-0.05, 0) is 37.5 Å². The minimum atomic E-state index is 0.249. The molecule has 1 atom stereocenters. The van der Waals surface area contributed by atoms with Crippen molar-refractivity contribution in [1.82, 2.24) is 15.0 Å². The molecule has 0 aliphatic heterocycles. The van der Waals surface area contributed by atoms with Crippen molar-refractivity contribution >= 4 is 29.0 Å². The number of allylic oxidation sites excluding steroid dienone is 4. The lowest BCUT2D eigenvalue weighted by Crippen LogP contribution is -2.10. The van der Waals surface area contributed by atoms with Crippen molar-refractivity contribution in [2.75, 3.05) is 11.9 Å². The van der Waals surface area contributed by atoms with Crippen LogP contribution >= 0.6 is 23.2 Å². The topological polar surface area (TPSA) is 59.9 Å². The van der Waals surface area contributed by atoms with Crippen LogP contribution in [0.1, 0.15) is 24.6 Å². The Morgan fingerprint density at radius 3 is 2.77 bits per heavy atom. The number of ether oxygens (including phenoxy) is 1. The molecular weight excluding hydrogens is 371 g/mol. The first-order valence-electron chi connectivity index (χ1n) is 8.43. The summed E-state index contributed by atoms with van der Waals surface area (Å²) in [5.41, 5.74) is 1.86. The first-order chi connectivity index (χ1) is 12.5. The average Bonchev–Trinajstić information content (AvgIpc) is 2.62. The molecule has 136 valence electrons. The molecule has 7 heteroatoms.